The van der Waals surface area contributed by atoms with Gasteiger partial charge < -0.3 is 9.64 Å². The van der Waals surface area contributed by atoms with Crippen LogP contribution in [0.2, 0.25) is 0 Å². The summed E-state index contributed by atoms with van der Waals surface area (Å²) in [5, 5.41) is 0. The SMILES string of the molecule is CCSc1ccc(OCCC2CCCCN2C)cc1. The Kier molecular flexibility index (Phi) is 6.05. The van der Waals surface area contributed by atoms with E-state index in [4.69, 9.17) is 4.74 Å². The number of benzene rings is 1. The topological polar surface area (TPSA) is 12.5 Å². The van der Waals surface area contributed by atoms with Crippen LogP contribution in [-0.2, 0) is 0 Å². The third-order valence-electron chi connectivity index (χ3n) is 3.78. The molecule has 0 spiro atoms. The molecule has 1 aliphatic rings. The van der Waals surface area contributed by atoms with E-state index in [1.165, 1.54) is 30.7 Å². The van der Waals surface area contributed by atoms with Gasteiger partial charge in [0.15, 0.2) is 0 Å². The van der Waals surface area contributed by atoms with E-state index in [1.807, 2.05) is 11.8 Å². The maximum atomic E-state index is 5.85. The van der Waals surface area contributed by atoms with Crippen LogP contribution >= 0.6 is 11.8 Å². The first-order valence-electron chi connectivity index (χ1n) is 7.35. The second-order valence-corrected chi connectivity index (χ2v) is 6.51. The van der Waals surface area contributed by atoms with Crippen LogP contribution < -0.4 is 4.74 Å². The first kappa shape index (κ1) is 14.7. The number of piperidine rings is 1. The zero-order valence-corrected chi connectivity index (χ0v) is 12.9. The average molecular weight is 279 g/mol. The molecule has 1 fully saturated rings. The Morgan fingerprint density at radius 3 is 2.74 bits per heavy atom. The van der Waals surface area contributed by atoms with Gasteiger partial charge in [-0.05, 0) is 62.9 Å². The average Bonchev–Trinajstić information content (AvgIpc) is 2.43. The summed E-state index contributed by atoms with van der Waals surface area (Å²) in [6.07, 6.45) is 5.19. The van der Waals surface area contributed by atoms with Crippen molar-refractivity contribution in [2.45, 2.75) is 43.5 Å². The Balaban J connectivity index is 1.72. The van der Waals surface area contributed by atoms with Crippen molar-refractivity contribution in [1.29, 1.82) is 0 Å². The van der Waals surface area contributed by atoms with Crippen molar-refractivity contribution in [3.05, 3.63) is 24.3 Å². The fraction of sp³-hybridized carbons (Fsp3) is 0.625. The quantitative estimate of drug-likeness (QED) is 0.729. The monoisotopic (exact) mass is 279 g/mol. The van der Waals surface area contributed by atoms with Crippen LogP contribution in [0.25, 0.3) is 0 Å². The molecule has 1 heterocycles. The molecule has 0 N–H and O–H groups in total. The number of thioether (sulfide) groups is 1. The predicted molar refractivity (Wildman–Crippen MR) is 83.2 cm³/mol. The maximum absolute atomic E-state index is 5.85. The minimum Gasteiger partial charge on any atom is -0.494 e. The van der Waals surface area contributed by atoms with Crippen LogP contribution in [0.15, 0.2) is 29.2 Å². The van der Waals surface area contributed by atoms with Crippen LogP contribution in [0.5, 0.6) is 5.75 Å². The van der Waals surface area contributed by atoms with Gasteiger partial charge in [-0.25, -0.2) is 0 Å². The second-order valence-electron chi connectivity index (χ2n) is 5.17. The summed E-state index contributed by atoms with van der Waals surface area (Å²) in [5.74, 6) is 2.12. The highest BCUT2D eigenvalue weighted by molar-refractivity contribution is 7.99. The smallest absolute Gasteiger partial charge is 0.119 e. The highest BCUT2D eigenvalue weighted by Crippen LogP contribution is 2.22. The molecule has 1 saturated heterocycles. The molecule has 0 aliphatic carbocycles. The molecule has 1 atom stereocenters. The first-order chi connectivity index (χ1) is 9.29. The van der Waals surface area contributed by atoms with E-state index in [2.05, 4.69) is 43.1 Å². The minimum atomic E-state index is 0.712. The van der Waals surface area contributed by atoms with E-state index in [9.17, 15) is 0 Å². The molecule has 0 saturated carbocycles. The van der Waals surface area contributed by atoms with Gasteiger partial charge in [-0.15, -0.1) is 11.8 Å². The number of hydrogen-bond donors (Lipinski definition) is 0. The standard InChI is InChI=1S/C16H25NOS/c1-3-19-16-9-7-15(8-10-16)18-13-11-14-6-4-5-12-17(14)2/h7-10,14H,3-6,11-13H2,1-2H3. The molecule has 1 aromatic carbocycles. The van der Waals surface area contributed by atoms with Gasteiger partial charge in [0.1, 0.15) is 5.75 Å². The Bertz CT molecular complexity index is 366. The third kappa shape index (κ3) is 4.73. The van der Waals surface area contributed by atoms with Crippen molar-refractivity contribution in [1.82, 2.24) is 4.90 Å². The Morgan fingerprint density at radius 2 is 2.05 bits per heavy atom. The summed E-state index contributed by atoms with van der Waals surface area (Å²) in [4.78, 5) is 3.80. The summed E-state index contributed by atoms with van der Waals surface area (Å²) in [6.45, 7) is 4.25. The lowest BCUT2D eigenvalue weighted by Gasteiger charge is -2.32. The number of rotatable bonds is 6. The van der Waals surface area contributed by atoms with Crippen molar-refractivity contribution in [2.75, 3.05) is 26.0 Å². The number of ether oxygens (including phenoxy) is 1. The molecule has 2 rings (SSSR count). The van der Waals surface area contributed by atoms with Crippen molar-refractivity contribution in [3.63, 3.8) is 0 Å². The fourth-order valence-corrected chi connectivity index (χ4v) is 3.28. The maximum Gasteiger partial charge on any atom is 0.119 e. The molecule has 3 heteroatoms. The van der Waals surface area contributed by atoms with Gasteiger partial charge in [0, 0.05) is 10.9 Å². The van der Waals surface area contributed by atoms with Crippen LogP contribution in [-0.4, -0.2) is 36.9 Å². The lowest BCUT2D eigenvalue weighted by Crippen LogP contribution is -2.37. The van der Waals surface area contributed by atoms with Crippen molar-refractivity contribution in [3.8, 4) is 5.75 Å². The molecule has 0 radical (unpaired) electrons. The molecule has 1 unspecified atom stereocenters. The van der Waals surface area contributed by atoms with Crippen LogP contribution in [0.4, 0.5) is 0 Å². The molecule has 1 aromatic rings. The molecular formula is C16H25NOS. The number of likely N-dealkylation sites (tertiary alicyclic amines) is 1. The second kappa shape index (κ2) is 7.81. The predicted octanol–water partition coefficient (Wildman–Crippen LogP) is 4.05. The van der Waals surface area contributed by atoms with Crippen molar-refractivity contribution < 1.29 is 4.74 Å². The van der Waals surface area contributed by atoms with E-state index in [0.29, 0.717) is 6.04 Å². The first-order valence-corrected chi connectivity index (χ1v) is 8.34. The van der Waals surface area contributed by atoms with Gasteiger partial charge in [0.2, 0.25) is 0 Å². The van der Waals surface area contributed by atoms with Crippen molar-refractivity contribution in [2.24, 2.45) is 0 Å². The molecule has 106 valence electrons. The summed E-state index contributed by atoms with van der Waals surface area (Å²) in [7, 11) is 2.24. The summed E-state index contributed by atoms with van der Waals surface area (Å²) >= 11 is 1.87. The summed E-state index contributed by atoms with van der Waals surface area (Å²) in [5.41, 5.74) is 0. The largest absolute Gasteiger partial charge is 0.494 e. The fourth-order valence-electron chi connectivity index (χ4n) is 2.62. The normalized spacial score (nSPS) is 20.4. The van der Waals surface area contributed by atoms with Crippen LogP contribution in [0, 0.1) is 0 Å². The number of nitrogens with zero attached hydrogens (tertiary/aromatic N) is 1. The highest BCUT2D eigenvalue weighted by atomic mass is 32.2. The van der Waals surface area contributed by atoms with Gasteiger partial charge in [-0.1, -0.05) is 13.3 Å². The molecular weight excluding hydrogens is 254 g/mol. The molecule has 0 amide bonds. The molecule has 0 aromatic heterocycles. The number of hydrogen-bond acceptors (Lipinski definition) is 3. The van der Waals surface area contributed by atoms with E-state index in [0.717, 1.165) is 24.5 Å². The Hall–Kier alpha value is -0.670. The zero-order chi connectivity index (χ0) is 13.5. The lowest BCUT2D eigenvalue weighted by molar-refractivity contribution is 0.153. The van der Waals surface area contributed by atoms with Crippen LogP contribution in [0.3, 0.4) is 0 Å². The Morgan fingerprint density at radius 1 is 1.26 bits per heavy atom. The van der Waals surface area contributed by atoms with E-state index < -0.39 is 0 Å². The van der Waals surface area contributed by atoms with E-state index >= 15 is 0 Å². The molecule has 19 heavy (non-hydrogen) atoms. The molecule has 2 nitrogen and oxygen atoms in total. The van der Waals surface area contributed by atoms with Gasteiger partial charge in [-0.2, -0.15) is 0 Å². The Labute approximate surface area is 121 Å². The highest BCUT2D eigenvalue weighted by Gasteiger charge is 2.18. The van der Waals surface area contributed by atoms with Gasteiger partial charge >= 0.3 is 0 Å². The van der Waals surface area contributed by atoms with E-state index in [1.54, 1.807) is 0 Å². The summed E-state index contributed by atoms with van der Waals surface area (Å²) < 4.78 is 5.85. The molecule has 1 aliphatic heterocycles. The minimum absolute atomic E-state index is 0.712. The summed E-state index contributed by atoms with van der Waals surface area (Å²) in [6, 6.07) is 9.18. The molecule has 0 bridgehead atoms. The van der Waals surface area contributed by atoms with Gasteiger partial charge in [-0.3, -0.25) is 0 Å². The van der Waals surface area contributed by atoms with Crippen LogP contribution in [0.1, 0.15) is 32.6 Å². The third-order valence-corrected chi connectivity index (χ3v) is 4.67. The van der Waals surface area contributed by atoms with E-state index in [-0.39, 0.29) is 0 Å². The van der Waals surface area contributed by atoms with Gasteiger partial charge in [0.05, 0.1) is 6.61 Å². The lowest BCUT2D eigenvalue weighted by atomic mass is 10.0. The van der Waals surface area contributed by atoms with Gasteiger partial charge in [0.25, 0.3) is 0 Å². The zero-order valence-electron chi connectivity index (χ0n) is 12.1. The van der Waals surface area contributed by atoms with Crippen molar-refractivity contribution >= 4 is 11.8 Å².